The summed E-state index contributed by atoms with van der Waals surface area (Å²) in [7, 11) is -9.27. The van der Waals surface area contributed by atoms with Gasteiger partial charge in [-0.1, -0.05) is 71.2 Å². The van der Waals surface area contributed by atoms with Crippen LogP contribution in [-0.2, 0) is 48.0 Å². The van der Waals surface area contributed by atoms with E-state index in [0.29, 0.717) is 77.7 Å². The Morgan fingerprint density at radius 1 is 0.647 bits per heavy atom. The fraction of sp³-hybridized carbons (Fsp3) is 0.426. The van der Waals surface area contributed by atoms with Crippen LogP contribution >= 0.6 is 23.2 Å². The number of pyridine rings is 1. The summed E-state index contributed by atoms with van der Waals surface area (Å²) in [6.07, 6.45) is 0.291. The molecule has 1 aliphatic heterocycles. The molecule has 0 bridgehead atoms. The highest BCUT2D eigenvalue weighted by molar-refractivity contribution is 7.90. The van der Waals surface area contributed by atoms with E-state index in [1.165, 1.54) is 12.1 Å². The number of nitrogens with zero attached hydrogens (tertiary/aromatic N) is 2. The maximum absolute atomic E-state index is 13.3. The number of anilines is 1. The molecule has 0 aliphatic carbocycles. The summed E-state index contributed by atoms with van der Waals surface area (Å²) in [4.78, 5) is 4.86. The van der Waals surface area contributed by atoms with E-state index in [4.69, 9.17) is 60.8 Å². The van der Waals surface area contributed by atoms with Crippen LogP contribution in [0.4, 0.5) is 18.9 Å². The Labute approximate surface area is 405 Å². The van der Waals surface area contributed by atoms with Gasteiger partial charge < -0.3 is 33.7 Å². The van der Waals surface area contributed by atoms with Gasteiger partial charge in [-0.2, -0.15) is 25.9 Å². The number of nitrogens with one attached hydrogen (secondary N) is 1. The van der Waals surface area contributed by atoms with Crippen LogP contribution in [0.5, 0.6) is 5.88 Å². The number of fused-ring (bicyclic) bond motifs is 1. The topological polar surface area (TPSA) is 161 Å². The number of aryl methyl sites for hydroxylation is 1. The Morgan fingerprint density at radius 3 is 1.62 bits per heavy atom. The third-order valence-electron chi connectivity index (χ3n) is 10.7. The Morgan fingerprint density at radius 2 is 1.12 bits per heavy atom. The van der Waals surface area contributed by atoms with Crippen LogP contribution in [0.25, 0.3) is 10.9 Å². The van der Waals surface area contributed by atoms with Gasteiger partial charge in [-0.15, -0.1) is 0 Å². The Hall–Kier alpha value is -4.12. The molecule has 0 radical (unpaired) electrons. The van der Waals surface area contributed by atoms with Crippen molar-refractivity contribution in [1.82, 2.24) is 9.29 Å². The molecular formula is C47H54Cl2F3N3O11S2. The number of benzene rings is 4. The van der Waals surface area contributed by atoms with E-state index in [9.17, 15) is 30.0 Å². The largest absolute Gasteiger partial charge is 0.511 e. The first kappa shape index (κ1) is 53.2. The van der Waals surface area contributed by atoms with Gasteiger partial charge in [0.2, 0.25) is 5.88 Å². The summed E-state index contributed by atoms with van der Waals surface area (Å²) < 4.78 is 128. The molecule has 6 rings (SSSR count). The van der Waals surface area contributed by atoms with Crippen molar-refractivity contribution < 1.29 is 62.6 Å². The van der Waals surface area contributed by atoms with Crippen molar-refractivity contribution in [2.24, 2.45) is 0 Å². The highest BCUT2D eigenvalue weighted by Gasteiger charge is 2.50. The number of piperidine rings is 1. The summed E-state index contributed by atoms with van der Waals surface area (Å²) in [5.41, 5.74) is -0.310. The lowest BCUT2D eigenvalue weighted by Crippen LogP contribution is -2.47. The maximum Gasteiger partial charge on any atom is 0.511 e. The van der Waals surface area contributed by atoms with Crippen LogP contribution in [0.1, 0.15) is 41.0 Å². The predicted molar refractivity (Wildman–Crippen MR) is 253 cm³/mol. The van der Waals surface area contributed by atoms with Crippen LogP contribution in [0.2, 0.25) is 10.0 Å². The molecule has 1 aliphatic rings. The zero-order chi connectivity index (χ0) is 48.6. The van der Waals surface area contributed by atoms with Gasteiger partial charge in [0.1, 0.15) is 6.61 Å². The summed E-state index contributed by atoms with van der Waals surface area (Å²) >= 11 is 12.5. The summed E-state index contributed by atoms with van der Waals surface area (Å²) in [5, 5.41) is 5.38. The molecular weight excluding hydrogens is 975 g/mol. The van der Waals surface area contributed by atoms with E-state index in [2.05, 4.69) is 5.32 Å². The smallest absolute Gasteiger partial charge is 0.475 e. The average Bonchev–Trinajstić information content (AvgIpc) is 3.31. The molecule has 5 aromatic rings. The van der Waals surface area contributed by atoms with E-state index in [1.54, 1.807) is 18.2 Å². The monoisotopic (exact) mass is 1030 g/mol. The molecule has 370 valence electrons. The van der Waals surface area contributed by atoms with Crippen LogP contribution < -0.4 is 10.1 Å². The first-order valence-corrected chi connectivity index (χ1v) is 25.5. The van der Waals surface area contributed by atoms with E-state index < -0.39 is 25.6 Å². The first-order valence-electron chi connectivity index (χ1n) is 21.9. The minimum Gasteiger partial charge on any atom is -0.475 e. The second-order valence-corrected chi connectivity index (χ2v) is 20.0. The molecule has 68 heavy (non-hydrogen) atoms. The maximum atomic E-state index is 13.3. The number of alkyl halides is 3. The van der Waals surface area contributed by atoms with Crippen molar-refractivity contribution in [2.45, 2.75) is 42.1 Å². The van der Waals surface area contributed by atoms with Crippen LogP contribution in [0.3, 0.4) is 0 Å². The highest BCUT2D eigenvalue weighted by atomic mass is 35.5. The van der Waals surface area contributed by atoms with Crippen molar-refractivity contribution in [3.8, 4) is 5.88 Å². The van der Waals surface area contributed by atoms with Crippen molar-refractivity contribution >= 4 is 59.9 Å². The Kier molecular flexibility index (Phi) is 20.1. The lowest BCUT2D eigenvalue weighted by molar-refractivity contribution is -0.0494. The van der Waals surface area contributed by atoms with Gasteiger partial charge in [0.15, 0.2) is 0 Å². The summed E-state index contributed by atoms with van der Waals surface area (Å²) in [6.45, 7) is 4.31. The van der Waals surface area contributed by atoms with E-state index in [-0.39, 0.29) is 75.8 Å². The number of rotatable bonds is 27. The molecule has 0 amide bonds. The molecule has 14 nitrogen and oxygen atoms in total. The molecule has 1 saturated heterocycles. The SMILES string of the molecule is Cc1ccc(S(=O)(=O)OCCOCCOCCOCCOCCOCCOc2cc(NC3CCN(S(=O)(=O)C(F)(F)F)CC3)c3cc(C(c4ccc(Cl)cc4)c4ccc(Cl)cc4)ccc3n2)cc1. The molecule has 1 N–H and O–H groups in total. The predicted octanol–water partition coefficient (Wildman–Crippen LogP) is 8.62. The lowest BCUT2D eigenvalue weighted by Gasteiger charge is -2.32. The summed E-state index contributed by atoms with van der Waals surface area (Å²) in [6, 6.07) is 28.8. The summed E-state index contributed by atoms with van der Waals surface area (Å²) in [5.74, 6) is 0.0717. The van der Waals surface area contributed by atoms with Crippen LogP contribution in [0.15, 0.2) is 102 Å². The molecule has 0 unspecified atom stereocenters. The van der Waals surface area contributed by atoms with E-state index in [0.717, 1.165) is 27.6 Å². The Bertz CT molecular complexity index is 2530. The van der Waals surface area contributed by atoms with E-state index >= 15 is 0 Å². The molecule has 0 spiro atoms. The Balaban J connectivity index is 0.935. The van der Waals surface area contributed by atoms with Gasteiger partial charge in [0.05, 0.1) is 83.1 Å². The second-order valence-electron chi connectivity index (χ2n) is 15.6. The average molecular weight is 1030 g/mol. The van der Waals surface area contributed by atoms with Gasteiger partial charge in [-0.05, 0) is 85.0 Å². The zero-order valence-corrected chi connectivity index (χ0v) is 40.4. The third-order valence-corrected chi connectivity index (χ3v) is 14.2. The van der Waals surface area contributed by atoms with Crippen molar-refractivity contribution in [3.63, 3.8) is 0 Å². The number of ether oxygens (including phenoxy) is 6. The molecule has 2 heterocycles. The van der Waals surface area contributed by atoms with E-state index in [1.807, 2.05) is 73.7 Å². The molecule has 0 atom stereocenters. The molecule has 0 saturated carbocycles. The van der Waals surface area contributed by atoms with Crippen LogP contribution in [0, 0.1) is 6.92 Å². The van der Waals surface area contributed by atoms with Gasteiger partial charge in [-0.25, -0.2) is 13.4 Å². The fourth-order valence-corrected chi connectivity index (χ4v) is 9.38. The van der Waals surface area contributed by atoms with Gasteiger partial charge in [0, 0.05) is 52.2 Å². The molecule has 4 aromatic carbocycles. The van der Waals surface area contributed by atoms with Gasteiger partial charge in [0.25, 0.3) is 10.1 Å². The van der Waals surface area contributed by atoms with Gasteiger partial charge in [-0.3, -0.25) is 4.18 Å². The molecule has 21 heteroatoms. The van der Waals surface area contributed by atoms with Crippen molar-refractivity contribution in [1.29, 1.82) is 0 Å². The molecule has 1 aromatic heterocycles. The van der Waals surface area contributed by atoms with Crippen LogP contribution in [-0.4, -0.2) is 130 Å². The third kappa shape index (κ3) is 15.7. The van der Waals surface area contributed by atoms with Crippen molar-refractivity contribution in [2.75, 3.05) is 97.7 Å². The zero-order valence-electron chi connectivity index (χ0n) is 37.3. The fourth-order valence-electron chi connectivity index (χ4n) is 7.25. The number of hydrogen-bond acceptors (Lipinski definition) is 13. The number of hydrogen-bond donors (Lipinski definition) is 1. The standard InChI is InChI=1S/C47H54Cl2F3N3O11S2/c1-34-2-13-41(14-3-34)67(56,57)66-31-29-64-27-25-62-23-21-60-20-22-61-24-26-63-28-30-65-45-33-44(53-40-16-18-55(19-17-40)68(58,59)47(50,51)52)42-32-37(8-15-43(42)54-45)46(35-4-9-38(48)10-5-35)36-6-11-39(49)12-7-36/h2-15,32-33,40,46H,16-31H2,1H3,(H,53,54). The highest BCUT2D eigenvalue weighted by Crippen LogP contribution is 2.38. The minimum absolute atomic E-state index is 0.0967. The van der Waals surface area contributed by atoms with Crippen molar-refractivity contribution in [3.05, 3.63) is 129 Å². The minimum atomic E-state index is -5.44. The number of halogens is 5. The number of sulfonamides is 1. The van der Waals surface area contributed by atoms with Gasteiger partial charge >= 0.3 is 15.5 Å². The molecule has 1 fully saturated rings. The number of aromatic nitrogens is 1. The first-order chi connectivity index (χ1) is 32.6. The lowest BCUT2D eigenvalue weighted by atomic mass is 9.84. The quantitative estimate of drug-likeness (QED) is 0.0303. The normalized spacial score (nSPS) is 14.2. The second kappa shape index (κ2) is 25.7.